The van der Waals surface area contributed by atoms with Gasteiger partial charge < -0.3 is 33.3 Å². The number of carbonyl (C=O) groups excluding carboxylic acids is 2. The van der Waals surface area contributed by atoms with Crippen molar-refractivity contribution in [2.75, 3.05) is 10.6 Å². The van der Waals surface area contributed by atoms with Crippen molar-refractivity contribution in [3.63, 3.8) is 0 Å². The van der Waals surface area contributed by atoms with Crippen LogP contribution in [0.3, 0.4) is 0 Å². The number of nitrogens with one attached hydrogen (secondary N) is 2. The van der Waals surface area contributed by atoms with Crippen LogP contribution in [0.4, 0.5) is 37.7 Å². The summed E-state index contributed by atoms with van der Waals surface area (Å²) in [5.41, 5.74) is 4.06. The molecule has 0 saturated heterocycles. The highest BCUT2D eigenvalue weighted by molar-refractivity contribution is 6.04. The topological polar surface area (TPSA) is 129 Å². The first-order valence-corrected chi connectivity index (χ1v) is 22.5. The number of aryl methyl sites for hydroxylation is 1. The molecular formula is C52H42F6N6O5. The second-order valence-corrected chi connectivity index (χ2v) is 17.2. The normalized spacial score (nSPS) is 14.4. The number of alkyl halides is 3. The molecule has 2 saturated carbocycles. The lowest BCUT2D eigenvalue weighted by Crippen LogP contribution is -2.17. The Morgan fingerprint density at radius 2 is 1.19 bits per heavy atom. The molecule has 0 atom stereocenters. The van der Waals surface area contributed by atoms with Crippen molar-refractivity contribution in [2.45, 2.75) is 76.7 Å². The number of benzene rings is 4. The maximum atomic E-state index is 16.5. The Bertz CT molecular complexity index is 3210. The van der Waals surface area contributed by atoms with Crippen LogP contribution in [0, 0.1) is 24.4 Å². The van der Waals surface area contributed by atoms with Gasteiger partial charge in [-0.1, -0.05) is 25.7 Å². The summed E-state index contributed by atoms with van der Waals surface area (Å²) in [4.78, 5) is 36.5. The second-order valence-electron chi connectivity index (χ2n) is 17.2. The fraction of sp³-hybridized carbons (Fsp3) is 0.231. The minimum Gasteiger partial charge on any atom is -0.449 e. The van der Waals surface area contributed by atoms with Crippen LogP contribution in [-0.4, -0.2) is 37.3 Å². The molecular weight excluding hydrogens is 903 g/mol. The molecule has 2 aliphatic carbocycles. The number of furan rings is 2. The van der Waals surface area contributed by atoms with Gasteiger partial charge in [0, 0.05) is 40.1 Å². The minimum absolute atomic E-state index is 0.0118. The number of nitrogens with zero attached hydrogens (tertiary/aromatic N) is 4. The minimum atomic E-state index is -4.87. The van der Waals surface area contributed by atoms with Gasteiger partial charge in [-0.3, -0.25) is 9.59 Å². The third-order valence-electron chi connectivity index (χ3n) is 12.7. The van der Waals surface area contributed by atoms with E-state index in [1.165, 1.54) is 66.7 Å². The number of amides is 2. The predicted octanol–water partition coefficient (Wildman–Crippen LogP) is 14.0. The van der Waals surface area contributed by atoms with E-state index in [0.717, 1.165) is 63.5 Å². The molecule has 2 N–H and O–H groups in total. The van der Waals surface area contributed by atoms with E-state index in [0.29, 0.717) is 50.9 Å². The van der Waals surface area contributed by atoms with Crippen molar-refractivity contribution in [1.29, 1.82) is 0 Å². The van der Waals surface area contributed by atoms with Crippen LogP contribution in [-0.2, 0) is 0 Å². The van der Waals surface area contributed by atoms with Gasteiger partial charge in [0.05, 0.1) is 18.3 Å². The molecule has 8 aromatic rings. The number of imidazole rings is 2. The number of halogens is 6. The van der Waals surface area contributed by atoms with Crippen molar-refractivity contribution < 1.29 is 49.5 Å². The second kappa shape index (κ2) is 18.3. The van der Waals surface area contributed by atoms with E-state index < -0.39 is 41.4 Å². The molecule has 0 aliphatic heterocycles. The summed E-state index contributed by atoms with van der Waals surface area (Å²) in [6.45, 7) is 1.68. The molecule has 0 bridgehead atoms. The van der Waals surface area contributed by atoms with Gasteiger partial charge in [0.1, 0.15) is 40.3 Å². The van der Waals surface area contributed by atoms with Crippen molar-refractivity contribution in [1.82, 2.24) is 19.1 Å². The van der Waals surface area contributed by atoms with E-state index >= 15 is 8.78 Å². The van der Waals surface area contributed by atoms with Crippen molar-refractivity contribution >= 4 is 23.2 Å². The van der Waals surface area contributed by atoms with Crippen LogP contribution >= 0.6 is 0 Å². The third-order valence-corrected chi connectivity index (χ3v) is 12.7. The number of hydrogen-bond acceptors (Lipinski definition) is 7. The summed E-state index contributed by atoms with van der Waals surface area (Å²) in [6, 6.07) is 23.6. The molecule has 0 unspecified atom stereocenters. The Labute approximate surface area is 390 Å². The first-order valence-electron chi connectivity index (χ1n) is 22.5. The molecule has 17 heteroatoms. The van der Waals surface area contributed by atoms with Crippen molar-refractivity contribution in [3.05, 3.63) is 150 Å². The fourth-order valence-corrected chi connectivity index (χ4v) is 9.42. The van der Waals surface area contributed by atoms with Gasteiger partial charge in [-0.05, 0) is 147 Å². The summed E-state index contributed by atoms with van der Waals surface area (Å²) >= 11 is 0. The van der Waals surface area contributed by atoms with Crippen LogP contribution in [0.5, 0.6) is 5.75 Å². The van der Waals surface area contributed by atoms with Crippen LogP contribution in [0.1, 0.15) is 90.1 Å². The first-order chi connectivity index (χ1) is 33.3. The summed E-state index contributed by atoms with van der Waals surface area (Å²) in [7, 11) is 0. The lowest BCUT2D eigenvalue weighted by Gasteiger charge is -2.17. The monoisotopic (exact) mass is 944 g/mol. The molecule has 4 aromatic carbocycles. The van der Waals surface area contributed by atoms with Crippen LogP contribution in [0.25, 0.3) is 56.6 Å². The molecule has 4 heterocycles. The Hall–Kier alpha value is -7.82. The molecule has 352 valence electrons. The van der Waals surface area contributed by atoms with Crippen molar-refractivity contribution in [3.8, 4) is 62.3 Å². The number of ether oxygens (including phenoxy) is 1. The van der Waals surface area contributed by atoms with Crippen LogP contribution in [0.15, 0.2) is 125 Å². The number of rotatable bonds is 12. The standard InChI is InChI=1S/C52H42F6N6O5/c1-29-24-31(53)12-19-41(29)62-51(66)45-23-21-43(68-45)49-47(60-28-64(49)35-8-4-5-9-35)37-17-11-32(54)26-38(37)39-25-30(10-18-40(39)55)46-48(63(27-59-46)34-6-2-3-7-34)42-20-22-44(67-42)50(65)61-33-13-15-36(16-14-33)69-52(56,57)58/h10-28,34-35H,2-9H2,1H3,(H,61,65)(H,62,66). The Kier molecular flexibility index (Phi) is 12.0. The summed E-state index contributed by atoms with van der Waals surface area (Å²) < 4.78 is 104. The van der Waals surface area contributed by atoms with Gasteiger partial charge in [-0.2, -0.15) is 0 Å². The highest BCUT2D eigenvalue weighted by Crippen LogP contribution is 2.45. The predicted molar refractivity (Wildman–Crippen MR) is 245 cm³/mol. The van der Waals surface area contributed by atoms with E-state index in [1.807, 2.05) is 9.13 Å². The Morgan fingerprint density at radius 3 is 1.80 bits per heavy atom. The van der Waals surface area contributed by atoms with Gasteiger partial charge >= 0.3 is 6.36 Å². The molecule has 2 amide bonds. The smallest absolute Gasteiger partial charge is 0.449 e. The maximum Gasteiger partial charge on any atom is 0.573 e. The largest absolute Gasteiger partial charge is 0.573 e. The maximum absolute atomic E-state index is 16.5. The van der Waals surface area contributed by atoms with E-state index in [-0.39, 0.29) is 46.2 Å². The quantitative estimate of drug-likeness (QED) is 0.117. The zero-order chi connectivity index (χ0) is 48.0. The molecule has 11 nitrogen and oxygen atoms in total. The average Bonchev–Trinajstić information content (AvgIpc) is 4.18. The van der Waals surface area contributed by atoms with E-state index in [4.69, 9.17) is 18.8 Å². The van der Waals surface area contributed by atoms with Gasteiger partial charge in [0.15, 0.2) is 23.0 Å². The molecule has 4 aromatic heterocycles. The third kappa shape index (κ3) is 9.28. The van der Waals surface area contributed by atoms with E-state index in [2.05, 4.69) is 15.4 Å². The van der Waals surface area contributed by atoms with Crippen molar-refractivity contribution in [2.24, 2.45) is 0 Å². The summed E-state index contributed by atoms with van der Waals surface area (Å²) in [6.07, 6.45) is 5.91. The van der Waals surface area contributed by atoms with Crippen LogP contribution < -0.4 is 15.4 Å². The number of hydrogen-bond donors (Lipinski definition) is 2. The average molecular weight is 945 g/mol. The van der Waals surface area contributed by atoms with Crippen LogP contribution in [0.2, 0.25) is 0 Å². The highest BCUT2D eigenvalue weighted by atomic mass is 19.4. The van der Waals surface area contributed by atoms with Gasteiger partial charge in [0.25, 0.3) is 11.8 Å². The lowest BCUT2D eigenvalue weighted by atomic mass is 9.93. The Morgan fingerprint density at radius 1 is 0.623 bits per heavy atom. The summed E-state index contributed by atoms with van der Waals surface area (Å²) in [5.74, 6) is -2.88. The molecule has 10 rings (SSSR count). The zero-order valence-electron chi connectivity index (χ0n) is 36.9. The molecule has 0 spiro atoms. The zero-order valence-corrected chi connectivity index (χ0v) is 36.9. The lowest BCUT2D eigenvalue weighted by molar-refractivity contribution is -0.274. The Balaban J connectivity index is 1.01. The van der Waals surface area contributed by atoms with Gasteiger partial charge in [-0.15, -0.1) is 13.2 Å². The number of anilines is 2. The van der Waals surface area contributed by atoms with E-state index in [9.17, 15) is 27.2 Å². The number of aromatic nitrogens is 4. The van der Waals surface area contributed by atoms with Gasteiger partial charge in [-0.25, -0.2) is 23.1 Å². The highest BCUT2D eigenvalue weighted by Gasteiger charge is 2.32. The first kappa shape index (κ1) is 45.0. The molecule has 0 radical (unpaired) electrons. The fourth-order valence-electron chi connectivity index (χ4n) is 9.42. The summed E-state index contributed by atoms with van der Waals surface area (Å²) in [5, 5.41) is 5.40. The van der Waals surface area contributed by atoms with Gasteiger partial charge in [0.2, 0.25) is 0 Å². The molecule has 2 aliphatic rings. The molecule has 2 fully saturated rings. The van der Waals surface area contributed by atoms with E-state index in [1.54, 1.807) is 43.8 Å². The molecule has 69 heavy (non-hydrogen) atoms. The SMILES string of the molecule is Cc1cc(F)ccc1NC(=O)c1ccc(-c2c(-c3ccc(F)cc3-c3cc(-c4ncn(C5CCCC5)c4-c4ccc(C(=O)Nc5ccc(OC(F)(F)F)cc5)o4)ccc3F)ncn2C2CCCC2)o1. The number of carbonyl (C=O) groups is 2.